The fraction of sp³-hybridized carbons (Fsp3) is 0.375. The molecule has 0 radical (unpaired) electrons. The smallest absolute Gasteiger partial charge is 0.307 e. The Balaban J connectivity index is 2.22. The maximum absolute atomic E-state index is 10.6. The van der Waals surface area contributed by atoms with Crippen LogP contribution in [0.1, 0.15) is 11.1 Å². The summed E-state index contributed by atoms with van der Waals surface area (Å²) in [4.78, 5) is 10.6. The number of hydrogen-bond donors (Lipinski definition) is 1. The second-order valence-corrected chi connectivity index (χ2v) is 3.61. The Bertz CT molecular complexity index is 270. The number of fused-ring (bicyclic) bond motifs is 1. The van der Waals surface area contributed by atoms with Crippen LogP contribution in [0.4, 0.5) is 0 Å². The monoisotopic (exact) mass is 168 g/mol. The first-order chi connectivity index (χ1) is 5.27. The molecule has 1 aliphatic rings. The zero-order chi connectivity index (χ0) is 7.84. The molecule has 0 aromatic carbocycles. The van der Waals surface area contributed by atoms with E-state index in [0.717, 1.165) is 12.8 Å². The Hall–Kier alpha value is -0.830. The normalized spacial score (nSPS) is 16.7. The maximum Gasteiger partial charge on any atom is 0.307 e. The zero-order valence-corrected chi connectivity index (χ0v) is 6.73. The quantitative estimate of drug-likeness (QED) is 0.690. The summed E-state index contributed by atoms with van der Waals surface area (Å²) in [6.07, 6.45) is 1.46. The number of carboxylic acid groups (broad SMARTS) is 1. The van der Waals surface area contributed by atoms with Crippen molar-refractivity contribution in [1.29, 1.82) is 0 Å². The lowest BCUT2D eigenvalue weighted by Crippen LogP contribution is -2.12. The van der Waals surface area contributed by atoms with E-state index in [4.69, 9.17) is 5.11 Å². The van der Waals surface area contributed by atoms with E-state index in [1.807, 2.05) is 0 Å². The number of rotatable bonds is 1. The summed E-state index contributed by atoms with van der Waals surface area (Å²) in [5, 5.41) is 12.8. The first-order valence-corrected chi connectivity index (χ1v) is 4.48. The van der Waals surface area contributed by atoms with E-state index in [1.165, 1.54) is 11.1 Å². The van der Waals surface area contributed by atoms with E-state index < -0.39 is 5.97 Å². The van der Waals surface area contributed by atoms with Gasteiger partial charge in [-0.3, -0.25) is 4.79 Å². The van der Waals surface area contributed by atoms with Gasteiger partial charge in [-0.1, -0.05) is 0 Å². The fourth-order valence-corrected chi connectivity index (χ4v) is 2.38. The molecule has 0 atom stereocenters. The standard InChI is InChI=1S/C8H8O2S/c9-8(10)5-1-6-3-11-4-7(6)2-5/h3-5H,1-2H2,(H,9,10). The van der Waals surface area contributed by atoms with Crippen LogP contribution in [0, 0.1) is 5.92 Å². The minimum absolute atomic E-state index is 0.159. The lowest BCUT2D eigenvalue weighted by atomic mass is 10.1. The van der Waals surface area contributed by atoms with Gasteiger partial charge in [0, 0.05) is 0 Å². The molecule has 58 valence electrons. The summed E-state index contributed by atoms with van der Waals surface area (Å²) in [6.45, 7) is 0. The average Bonchev–Trinajstić information content (AvgIpc) is 2.40. The molecule has 3 heteroatoms. The molecule has 0 saturated heterocycles. The number of thiophene rings is 1. The highest BCUT2D eigenvalue weighted by atomic mass is 32.1. The Labute approximate surface area is 68.5 Å². The van der Waals surface area contributed by atoms with Gasteiger partial charge >= 0.3 is 5.97 Å². The van der Waals surface area contributed by atoms with Crippen molar-refractivity contribution in [3.63, 3.8) is 0 Å². The molecule has 0 amide bonds. The van der Waals surface area contributed by atoms with Crippen molar-refractivity contribution in [3.05, 3.63) is 21.9 Å². The zero-order valence-electron chi connectivity index (χ0n) is 5.91. The lowest BCUT2D eigenvalue weighted by molar-refractivity contribution is -0.141. The van der Waals surface area contributed by atoms with Crippen molar-refractivity contribution in [2.75, 3.05) is 0 Å². The van der Waals surface area contributed by atoms with E-state index in [1.54, 1.807) is 11.3 Å². The van der Waals surface area contributed by atoms with Crippen LogP contribution in [0.25, 0.3) is 0 Å². The summed E-state index contributed by atoms with van der Waals surface area (Å²) in [6, 6.07) is 0. The van der Waals surface area contributed by atoms with Gasteiger partial charge in [0.05, 0.1) is 5.92 Å². The topological polar surface area (TPSA) is 37.3 Å². The third kappa shape index (κ3) is 1.05. The van der Waals surface area contributed by atoms with Crippen molar-refractivity contribution >= 4 is 17.3 Å². The van der Waals surface area contributed by atoms with Gasteiger partial charge in [-0.2, -0.15) is 11.3 Å². The summed E-state index contributed by atoms with van der Waals surface area (Å²) in [7, 11) is 0. The molecule has 0 aliphatic heterocycles. The highest BCUT2D eigenvalue weighted by Gasteiger charge is 2.27. The van der Waals surface area contributed by atoms with Crippen LogP contribution in [0.5, 0.6) is 0 Å². The molecule has 1 N–H and O–H groups in total. The summed E-state index contributed by atoms with van der Waals surface area (Å²) < 4.78 is 0. The van der Waals surface area contributed by atoms with Crippen molar-refractivity contribution in [3.8, 4) is 0 Å². The Morgan fingerprint density at radius 2 is 2.00 bits per heavy atom. The summed E-state index contributed by atoms with van der Waals surface area (Å²) in [5.41, 5.74) is 2.48. The first kappa shape index (κ1) is 6.85. The first-order valence-electron chi connectivity index (χ1n) is 3.54. The largest absolute Gasteiger partial charge is 0.481 e. The molecule has 1 heterocycles. The van der Waals surface area contributed by atoms with Crippen molar-refractivity contribution in [2.45, 2.75) is 12.8 Å². The van der Waals surface area contributed by atoms with Crippen molar-refractivity contribution < 1.29 is 9.90 Å². The number of aliphatic carboxylic acids is 1. The van der Waals surface area contributed by atoms with Gasteiger partial charge in [0.25, 0.3) is 0 Å². The molecule has 1 aromatic rings. The van der Waals surface area contributed by atoms with Gasteiger partial charge < -0.3 is 5.11 Å². The highest BCUT2D eigenvalue weighted by molar-refractivity contribution is 7.08. The van der Waals surface area contributed by atoms with Crippen LogP contribution < -0.4 is 0 Å². The molecule has 2 nitrogen and oxygen atoms in total. The minimum atomic E-state index is -0.661. The highest BCUT2D eigenvalue weighted by Crippen LogP contribution is 2.29. The molecule has 0 saturated carbocycles. The fourth-order valence-electron chi connectivity index (χ4n) is 1.49. The second kappa shape index (κ2) is 2.34. The van der Waals surface area contributed by atoms with Gasteiger partial charge in [-0.05, 0) is 34.7 Å². The lowest BCUT2D eigenvalue weighted by Gasteiger charge is -1.99. The Morgan fingerprint density at radius 1 is 1.45 bits per heavy atom. The van der Waals surface area contributed by atoms with Gasteiger partial charge in [0.1, 0.15) is 0 Å². The van der Waals surface area contributed by atoms with Crippen LogP contribution in [0.15, 0.2) is 10.8 Å². The Morgan fingerprint density at radius 3 is 2.45 bits per heavy atom. The molecule has 0 spiro atoms. The van der Waals surface area contributed by atoms with Gasteiger partial charge in [-0.25, -0.2) is 0 Å². The van der Waals surface area contributed by atoms with Gasteiger partial charge in [0.2, 0.25) is 0 Å². The van der Waals surface area contributed by atoms with Gasteiger partial charge in [0.15, 0.2) is 0 Å². The molecular formula is C8H8O2S. The predicted molar refractivity (Wildman–Crippen MR) is 42.9 cm³/mol. The van der Waals surface area contributed by atoms with Crippen LogP contribution in [-0.2, 0) is 17.6 Å². The molecule has 11 heavy (non-hydrogen) atoms. The number of hydrogen-bond acceptors (Lipinski definition) is 2. The van der Waals surface area contributed by atoms with E-state index in [-0.39, 0.29) is 5.92 Å². The second-order valence-electron chi connectivity index (χ2n) is 2.87. The third-order valence-electron chi connectivity index (χ3n) is 2.11. The molecule has 1 aromatic heterocycles. The van der Waals surface area contributed by atoms with Crippen LogP contribution in [-0.4, -0.2) is 11.1 Å². The van der Waals surface area contributed by atoms with E-state index in [0.29, 0.717) is 0 Å². The van der Waals surface area contributed by atoms with Gasteiger partial charge in [-0.15, -0.1) is 0 Å². The molecule has 2 rings (SSSR count). The summed E-state index contributed by atoms with van der Waals surface area (Å²) in [5.74, 6) is -0.820. The van der Waals surface area contributed by atoms with E-state index >= 15 is 0 Å². The molecule has 0 bridgehead atoms. The number of carboxylic acids is 1. The average molecular weight is 168 g/mol. The molecule has 0 unspecified atom stereocenters. The van der Waals surface area contributed by atoms with E-state index in [2.05, 4.69) is 10.8 Å². The molecule has 1 aliphatic carbocycles. The molecular weight excluding hydrogens is 160 g/mol. The Kier molecular flexibility index (Phi) is 1.46. The van der Waals surface area contributed by atoms with Crippen molar-refractivity contribution in [1.82, 2.24) is 0 Å². The predicted octanol–water partition coefficient (Wildman–Crippen LogP) is 1.55. The van der Waals surface area contributed by atoms with Crippen LogP contribution in [0.3, 0.4) is 0 Å². The van der Waals surface area contributed by atoms with E-state index in [9.17, 15) is 4.79 Å². The van der Waals surface area contributed by atoms with Crippen molar-refractivity contribution in [2.24, 2.45) is 5.92 Å². The van der Waals surface area contributed by atoms with Crippen LogP contribution in [0.2, 0.25) is 0 Å². The SMILES string of the molecule is O=C(O)C1Cc2cscc2C1. The third-order valence-corrected chi connectivity index (χ3v) is 2.96. The number of carbonyl (C=O) groups is 1. The molecule has 0 fully saturated rings. The maximum atomic E-state index is 10.6. The summed E-state index contributed by atoms with van der Waals surface area (Å²) >= 11 is 1.66. The van der Waals surface area contributed by atoms with Crippen LogP contribution >= 0.6 is 11.3 Å². The minimum Gasteiger partial charge on any atom is -0.481 e.